The van der Waals surface area contributed by atoms with E-state index in [1.807, 2.05) is 12.1 Å². The lowest BCUT2D eigenvalue weighted by molar-refractivity contribution is -0.138. The molecule has 7 heteroatoms. The summed E-state index contributed by atoms with van der Waals surface area (Å²) in [5.41, 5.74) is 1.42. The van der Waals surface area contributed by atoms with Gasteiger partial charge < -0.3 is 20.3 Å². The van der Waals surface area contributed by atoms with E-state index in [9.17, 15) is 9.90 Å². The van der Waals surface area contributed by atoms with E-state index >= 15 is 0 Å². The summed E-state index contributed by atoms with van der Waals surface area (Å²) in [6.07, 6.45) is 1.67. The molecule has 0 aromatic carbocycles. The number of anilines is 1. The number of carbonyl (C=O) groups is 1. The van der Waals surface area contributed by atoms with E-state index in [4.69, 9.17) is 0 Å². The molecule has 1 aliphatic rings. The Morgan fingerprint density at radius 1 is 1.56 bits per heavy atom. The Hall–Kier alpha value is -2.15. The number of hydrogen-bond donors (Lipinski definition) is 3. The minimum Gasteiger partial charge on any atom is -0.480 e. The van der Waals surface area contributed by atoms with E-state index in [1.54, 1.807) is 11.1 Å². The molecule has 3 rings (SSSR count). The third-order valence-electron chi connectivity index (χ3n) is 3.05. The Morgan fingerprint density at radius 3 is 3.22 bits per heavy atom. The number of nitrogens with zero attached hydrogens (tertiary/aromatic N) is 3. The quantitative estimate of drug-likeness (QED) is 0.681. The van der Waals surface area contributed by atoms with Crippen LogP contribution in [-0.2, 0) is 4.79 Å². The van der Waals surface area contributed by atoms with Gasteiger partial charge in [0.15, 0.2) is 5.65 Å². The monoisotopic (exact) mass is 247 g/mol. The highest BCUT2D eigenvalue weighted by molar-refractivity contribution is 5.80. The second-order valence-corrected chi connectivity index (χ2v) is 4.19. The maximum atomic E-state index is 11.2. The molecule has 2 aromatic heterocycles. The molecule has 0 saturated carbocycles. The molecule has 0 amide bonds. The zero-order valence-electron chi connectivity index (χ0n) is 9.63. The van der Waals surface area contributed by atoms with Crippen LogP contribution in [0.3, 0.4) is 0 Å². The number of aromatic amines is 1. The van der Waals surface area contributed by atoms with Crippen LogP contribution < -0.4 is 10.2 Å². The van der Waals surface area contributed by atoms with Gasteiger partial charge in [-0.25, -0.2) is 9.78 Å². The minimum atomic E-state index is -0.851. The zero-order chi connectivity index (χ0) is 12.5. The second kappa shape index (κ2) is 4.26. The minimum absolute atomic E-state index is 0.416. The lowest BCUT2D eigenvalue weighted by Gasteiger charge is -2.33. The number of imidazole rings is 1. The van der Waals surface area contributed by atoms with Crippen molar-refractivity contribution in [3.05, 3.63) is 18.3 Å². The topological polar surface area (TPSA) is 94.1 Å². The smallest absolute Gasteiger partial charge is 0.327 e. The number of aromatic nitrogens is 3. The lowest BCUT2D eigenvalue weighted by Crippen LogP contribution is -2.55. The van der Waals surface area contributed by atoms with Crippen molar-refractivity contribution in [2.45, 2.75) is 6.04 Å². The molecule has 1 saturated heterocycles. The maximum absolute atomic E-state index is 11.2. The van der Waals surface area contributed by atoms with Gasteiger partial charge in [-0.3, -0.25) is 0 Å². The highest BCUT2D eigenvalue weighted by Crippen LogP contribution is 2.18. The van der Waals surface area contributed by atoms with Crippen LogP contribution in [0.1, 0.15) is 0 Å². The molecule has 1 aliphatic heterocycles. The van der Waals surface area contributed by atoms with Crippen LogP contribution in [0.15, 0.2) is 18.3 Å². The van der Waals surface area contributed by atoms with Crippen LogP contribution in [0.5, 0.6) is 0 Å². The standard InChI is InChI=1S/C11H13N5O2/c17-10(18)8-6-12-4-5-16(8)11-14-7-2-1-3-13-9(7)15-11/h1-3,8,12H,4-6H2,(H,17,18)(H,13,14,15). The first-order valence-electron chi connectivity index (χ1n) is 5.76. The summed E-state index contributed by atoms with van der Waals surface area (Å²) in [5.74, 6) is -0.284. The van der Waals surface area contributed by atoms with E-state index in [0.717, 1.165) is 12.1 Å². The third-order valence-corrected chi connectivity index (χ3v) is 3.05. The van der Waals surface area contributed by atoms with Crippen molar-refractivity contribution >= 4 is 23.1 Å². The molecule has 0 radical (unpaired) electrons. The normalized spacial score (nSPS) is 20.2. The summed E-state index contributed by atoms with van der Waals surface area (Å²) in [6.45, 7) is 1.77. The van der Waals surface area contributed by atoms with Crippen molar-refractivity contribution < 1.29 is 9.90 Å². The van der Waals surface area contributed by atoms with Gasteiger partial charge in [0.1, 0.15) is 6.04 Å². The van der Waals surface area contributed by atoms with Gasteiger partial charge in [0.2, 0.25) is 5.95 Å². The number of hydrogen-bond acceptors (Lipinski definition) is 5. The Bertz CT molecular complexity index is 549. The number of rotatable bonds is 2. The first kappa shape index (κ1) is 11.0. The van der Waals surface area contributed by atoms with Gasteiger partial charge in [-0.15, -0.1) is 0 Å². The van der Waals surface area contributed by atoms with E-state index in [-0.39, 0.29) is 0 Å². The summed E-state index contributed by atoms with van der Waals surface area (Å²) in [7, 11) is 0. The number of aliphatic carboxylic acids is 1. The van der Waals surface area contributed by atoms with Crippen LogP contribution in [0.25, 0.3) is 11.2 Å². The molecule has 1 atom stereocenters. The van der Waals surface area contributed by atoms with Gasteiger partial charge in [-0.05, 0) is 12.1 Å². The first-order chi connectivity index (χ1) is 8.75. The molecule has 1 unspecified atom stereocenters. The third kappa shape index (κ3) is 1.78. The molecule has 0 spiro atoms. The SMILES string of the molecule is O=C(O)C1CNCCN1c1nc2ncccc2[nH]1. The van der Waals surface area contributed by atoms with Gasteiger partial charge >= 0.3 is 5.97 Å². The highest BCUT2D eigenvalue weighted by atomic mass is 16.4. The summed E-state index contributed by atoms with van der Waals surface area (Å²) >= 11 is 0. The van der Waals surface area contributed by atoms with Crippen LogP contribution in [0, 0.1) is 0 Å². The van der Waals surface area contributed by atoms with E-state index in [1.165, 1.54) is 0 Å². The van der Waals surface area contributed by atoms with E-state index in [2.05, 4.69) is 20.3 Å². The Kier molecular flexibility index (Phi) is 2.60. The average Bonchev–Trinajstić information content (AvgIpc) is 2.82. The Morgan fingerprint density at radius 2 is 2.44 bits per heavy atom. The van der Waals surface area contributed by atoms with Crippen LogP contribution in [0.4, 0.5) is 5.95 Å². The molecule has 0 bridgehead atoms. The second-order valence-electron chi connectivity index (χ2n) is 4.19. The molecule has 2 aromatic rings. The van der Waals surface area contributed by atoms with Crippen molar-refractivity contribution in [3.8, 4) is 0 Å². The predicted octanol–water partition coefficient (Wildman–Crippen LogP) is -0.179. The lowest BCUT2D eigenvalue weighted by atomic mass is 10.2. The molecular weight excluding hydrogens is 234 g/mol. The largest absolute Gasteiger partial charge is 0.480 e. The van der Waals surface area contributed by atoms with Gasteiger partial charge in [-0.2, -0.15) is 4.98 Å². The number of carboxylic acid groups (broad SMARTS) is 1. The summed E-state index contributed by atoms with van der Waals surface area (Å²) < 4.78 is 0. The molecular formula is C11H13N5O2. The van der Waals surface area contributed by atoms with Crippen molar-refractivity contribution in [1.29, 1.82) is 0 Å². The van der Waals surface area contributed by atoms with Crippen LogP contribution in [0.2, 0.25) is 0 Å². The molecule has 0 aliphatic carbocycles. The Balaban J connectivity index is 1.98. The van der Waals surface area contributed by atoms with Crippen molar-refractivity contribution in [2.24, 2.45) is 0 Å². The summed E-state index contributed by atoms with van der Waals surface area (Å²) in [6, 6.07) is 3.09. The number of piperazine rings is 1. The number of pyridine rings is 1. The fourth-order valence-electron chi connectivity index (χ4n) is 2.15. The maximum Gasteiger partial charge on any atom is 0.327 e. The number of carboxylic acids is 1. The fourth-order valence-corrected chi connectivity index (χ4v) is 2.15. The van der Waals surface area contributed by atoms with Gasteiger partial charge in [0, 0.05) is 25.8 Å². The molecule has 7 nitrogen and oxygen atoms in total. The van der Waals surface area contributed by atoms with Crippen LogP contribution in [-0.4, -0.2) is 51.7 Å². The number of nitrogens with one attached hydrogen (secondary N) is 2. The molecule has 3 heterocycles. The van der Waals surface area contributed by atoms with E-state index < -0.39 is 12.0 Å². The summed E-state index contributed by atoms with van der Waals surface area (Å²) in [4.78, 5) is 24.6. The fraction of sp³-hybridized carbons (Fsp3) is 0.364. The molecule has 94 valence electrons. The number of H-pyrrole nitrogens is 1. The van der Waals surface area contributed by atoms with Crippen molar-refractivity contribution in [2.75, 3.05) is 24.5 Å². The Labute approximate surface area is 103 Å². The van der Waals surface area contributed by atoms with Gasteiger partial charge in [0.25, 0.3) is 0 Å². The van der Waals surface area contributed by atoms with Crippen LogP contribution >= 0.6 is 0 Å². The predicted molar refractivity (Wildman–Crippen MR) is 65.5 cm³/mol. The molecule has 3 N–H and O–H groups in total. The molecule has 18 heavy (non-hydrogen) atoms. The number of fused-ring (bicyclic) bond motifs is 1. The highest BCUT2D eigenvalue weighted by Gasteiger charge is 2.30. The zero-order valence-corrected chi connectivity index (χ0v) is 9.63. The average molecular weight is 247 g/mol. The van der Waals surface area contributed by atoms with Crippen molar-refractivity contribution in [1.82, 2.24) is 20.3 Å². The summed E-state index contributed by atoms with van der Waals surface area (Å²) in [5, 5.41) is 12.3. The van der Waals surface area contributed by atoms with Gasteiger partial charge in [-0.1, -0.05) is 0 Å². The van der Waals surface area contributed by atoms with Gasteiger partial charge in [0.05, 0.1) is 5.52 Å². The molecule has 1 fully saturated rings. The van der Waals surface area contributed by atoms with Crippen molar-refractivity contribution in [3.63, 3.8) is 0 Å². The first-order valence-corrected chi connectivity index (χ1v) is 5.76. The van der Waals surface area contributed by atoms with E-state index in [0.29, 0.717) is 24.7 Å².